The van der Waals surface area contributed by atoms with Gasteiger partial charge in [0.25, 0.3) is 0 Å². The Morgan fingerprint density at radius 3 is 2.25 bits per heavy atom. The number of benzene rings is 2. The number of ether oxygens (including phenoxy) is 2. The van der Waals surface area contributed by atoms with Crippen LogP contribution < -0.4 is 5.32 Å². The van der Waals surface area contributed by atoms with Crippen LogP contribution in [0.5, 0.6) is 0 Å². The lowest BCUT2D eigenvalue weighted by atomic mass is 9.98. The third kappa shape index (κ3) is 5.46. The van der Waals surface area contributed by atoms with E-state index in [1.807, 2.05) is 36.4 Å². The highest BCUT2D eigenvalue weighted by Crippen LogP contribution is 2.44. The van der Waals surface area contributed by atoms with Gasteiger partial charge in [0.15, 0.2) is 0 Å². The number of hydrogen-bond donors (Lipinski definition) is 2. The molecule has 0 aromatic heterocycles. The number of carboxylic acid groups (broad SMARTS) is 1. The van der Waals surface area contributed by atoms with Crippen LogP contribution in [0.15, 0.2) is 61.2 Å². The summed E-state index contributed by atoms with van der Waals surface area (Å²) < 4.78 is 10.4. The lowest BCUT2D eigenvalue weighted by molar-refractivity contribution is -0.138. The van der Waals surface area contributed by atoms with Crippen LogP contribution in [0.2, 0.25) is 0 Å². The first kappa shape index (κ1) is 22.9. The molecular weight excluding hydrogens is 412 g/mol. The van der Waals surface area contributed by atoms with Crippen molar-refractivity contribution in [3.05, 3.63) is 72.3 Å². The van der Waals surface area contributed by atoms with Crippen LogP contribution in [0.1, 0.15) is 24.0 Å². The Balaban J connectivity index is 1.58. The van der Waals surface area contributed by atoms with Gasteiger partial charge in [-0.05, 0) is 29.2 Å². The molecule has 1 aliphatic carbocycles. The van der Waals surface area contributed by atoms with Crippen LogP contribution in [-0.4, -0.2) is 60.5 Å². The van der Waals surface area contributed by atoms with Crippen molar-refractivity contribution in [1.82, 2.24) is 10.2 Å². The molecule has 168 valence electrons. The van der Waals surface area contributed by atoms with Crippen LogP contribution in [0.25, 0.3) is 11.1 Å². The van der Waals surface area contributed by atoms with Crippen LogP contribution in [-0.2, 0) is 14.3 Å². The minimum atomic E-state index is -1.19. The van der Waals surface area contributed by atoms with Gasteiger partial charge in [-0.15, -0.1) is 0 Å². The van der Waals surface area contributed by atoms with Gasteiger partial charge in [0.05, 0.1) is 0 Å². The van der Waals surface area contributed by atoms with Crippen LogP contribution >= 0.6 is 0 Å². The van der Waals surface area contributed by atoms with E-state index in [-0.39, 0.29) is 25.7 Å². The zero-order valence-corrected chi connectivity index (χ0v) is 17.8. The molecule has 2 amide bonds. The standard InChI is InChI=1S/C24H26N2O6/c1-3-12-31-24(30)26(14-22(27)28)13-16(2)25-23(29)32-15-21-19-10-6-4-8-17(19)18-9-5-7-11-20(18)21/h3-11,16,21H,1,12-15H2,2H3,(H,25,29)(H,27,28)/t16-/m0/s1. The maximum absolute atomic E-state index is 12.4. The maximum atomic E-state index is 12.4. The Morgan fingerprint density at radius 2 is 1.69 bits per heavy atom. The molecule has 0 heterocycles. The maximum Gasteiger partial charge on any atom is 0.410 e. The average molecular weight is 438 g/mol. The molecule has 2 aromatic carbocycles. The summed E-state index contributed by atoms with van der Waals surface area (Å²) in [5.74, 6) is -1.25. The van der Waals surface area contributed by atoms with E-state index < -0.39 is 30.7 Å². The van der Waals surface area contributed by atoms with E-state index in [1.165, 1.54) is 6.08 Å². The third-order valence-corrected chi connectivity index (χ3v) is 5.11. The predicted octanol–water partition coefficient (Wildman–Crippen LogP) is 3.62. The Labute approximate surface area is 186 Å². The molecule has 0 saturated heterocycles. The minimum absolute atomic E-state index is 0.0386. The van der Waals surface area contributed by atoms with Gasteiger partial charge in [-0.3, -0.25) is 9.69 Å². The summed E-state index contributed by atoms with van der Waals surface area (Å²) >= 11 is 0. The molecule has 2 aromatic rings. The normalized spacial score (nSPS) is 12.8. The summed E-state index contributed by atoms with van der Waals surface area (Å²) in [4.78, 5) is 36.5. The second-order valence-corrected chi connectivity index (χ2v) is 7.51. The number of amides is 2. The molecule has 8 nitrogen and oxygen atoms in total. The van der Waals surface area contributed by atoms with Crippen molar-refractivity contribution in [2.75, 3.05) is 26.3 Å². The van der Waals surface area contributed by atoms with Crippen molar-refractivity contribution in [3.63, 3.8) is 0 Å². The smallest absolute Gasteiger partial charge is 0.410 e. The molecule has 3 rings (SSSR count). The molecule has 8 heteroatoms. The summed E-state index contributed by atoms with van der Waals surface area (Å²) in [5.41, 5.74) is 4.47. The van der Waals surface area contributed by atoms with Crippen LogP contribution in [0.3, 0.4) is 0 Å². The molecule has 1 atom stereocenters. The van der Waals surface area contributed by atoms with Gasteiger partial charge in [-0.25, -0.2) is 9.59 Å². The molecule has 0 unspecified atom stereocenters. The Kier molecular flexibility index (Phi) is 7.49. The molecule has 0 aliphatic heterocycles. The van der Waals surface area contributed by atoms with Crippen LogP contribution in [0, 0.1) is 0 Å². The number of rotatable bonds is 9. The summed E-state index contributed by atoms with van der Waals surface area (Å²) in [6.07, 6.45) is -0.0579. The molecule has 0 fully saturated rings. The highest BCUT2D eigenvalue weighted by molar-refractivity contribution is 5.79. The zero-order chi connectivity index (χ0) is 23.1. The fourth-order valence-corrected chi connectivity index (χ4v) is 3.81. The topological polar surface area (TPSA) is 105 Å². The third-order valence-electron chi connectivity index (χ3n) is 5.11. The molecule has 0 saturated carbocycles. The largest absolute Gasteiger partial charge is 0.480 e. The predicted molar refractivity (Wildman–Crippen MR) is 118 cm³/mol. The van der Waals surface area contributed by atoms with E-state index in [9.17, 15) is 14.4 Å². The van der Waals surface area contributed by atoms with E-state index in [0.717, 1.165) is 27.2 Å². The van der Waals surface area contributed by atoms with Crippen molar-refractivity contribution >= 4 is 18.2 Å². The first-order chi connectivity index (χ1) is 15.4. The number of fused-ring (bicyclic) bond motifs is 3. The van der Waals surface area contributed by atoms with E-state index in [4.69, 9.17) is 14.6 Å². The fourth-order valence-electron chi connectivity index (χ4n) is 3.81. The first-order valence-electron chi connectivity index (χ1n) is 10.3. The monoisotopic (exact) mass is 438 g/mol. The van der Waals surface area contributed by atoms with Crippen molar-refractivity contribution in [1.29, 1.82) is 0 Å². The number of carbonyl (C=O) groups is 3. The molecule has 0 spiro atoms. The van der Waals surface area contributed by atoms with Gasteiger partial charge in [0.1, 0.15) is 19.8 Å². The number of hydrogen-bond acceptors (Lipinski definition) is 5. The SMILES string of the molecule is C=CCOC(=O)N(CC(=O)O)C[C@H](C)NC(=O)OCC1c2ccccc2-c2ccccc21. The quantitative estimate of drug-likeness (QED) is 0.580. The van der Waals surface area contributed by atoms with Crippen molar-refractivity contribution in [2.45, 2.75) is 18.9 Å². The van der Waals surface area contributed by atoms with E-state index in [0.29, 0.717) is 0 Å². The van der Waals surface area contributed by atoms with Gasteiger partial charge in [0, 0.05) is 18.5 Å². The van der Waals surface area contributed by atoms with E-state index >= 15 is 0 Å². The lowest BCUT2D eigenvalue weighted by Gasteiger charge is -2.24. The highest BCUT2D eigenvalue weighted by atomic mass is 16.6. The van der Waals surface area contributed by atoms with Crippen molar-refractivity contribution < 1.29 is 29.0 Å². The van der Waals surface area contributed by atoms with Gasteiger partial charge >= 0.3 is 18.2 Å². The number of aliphatic carboxylic acids is 1. The highest BCUT2D eigenvalue weighted by Gasteiger charge is 2.29. The fraction of sp³-hybridized carbons (Fsp3) is 0.292. The molecular formula is C24H26N2O6. The zero-order valence-electron chi connectivity index (χ0n) is 17.8. The van der Waals surface area contributed by atoms with E-state index in [1.54, 1.807) is 6.92 Å². The van der Waals surface area contributed by atoms with E-state index in [2.05, 4.69) is 24.0 Å². The number of nitrogens with one attached hydrogen (secondary N) is 1. The summed E-state index contributed by atoms with van der Waals surface area (Å²) in [6, 6.07) is 15.5. The van der Waals surface area contributed by atoms with Crippen LogP contribution in [0.4, 0.5) is 9.59 Å². The molecule has 32 heavy (non-hydrogen) atoms. The average Bonchev–Trinajstić information content (AvgIpc) is 3.09. The molecule has 2 N–H and O–H groups in total. The number of alkyl carbamates (subject to hydrolysis) is 1. The van der Waals surface area contributed by atoms with Gasteiger partial charge in [0.2, 0.25) is 0 Å². The minimum Gasteiger partial charge on any atom is -0.480 e. The van der Waals surface area contributed by atoms with Gasteiger partial charge in [-0.1, -0.05) is 61.2 Å². The number of carbonyl (C=O) groups excluding carboxylic acids is 2. The second kappa shape index (κ2) is 10.5. The summed E-state index contributed by atoms with van der Waals surface area (Å²) in [6.45, 7) is 4.62. The van der Waals surface area contributed by atoms with Crippen molar-refractivity contribution in [2.24, 2.45) is 0 Å². The second-order valence-electron chi connectivity index (χ2n) is 7.51. The summed E-state index contributed by atoms with van der Waals surface area (Å²) in [7, 11) is 0. The first-order valence-corrected chi connectivity index (χ1v) is 10.3. The van der Waals surface area contributed by atoms with Gasteiger partial charge in [-0.2, -0.15) is 0 Å². The molecule has 0 bridgehead atoms. The Morgan fingerprint density at radius 1 is 1.09 bits per heavy atom. The summed E-state index contributed by atoms with van der Waals surface area (Å²) in [5, 5.41) is 11.7. The number of carboxylic acids is 1. The molecule has 0 radical (unpaired) electrons. The lowest BCUT2D eigenvalue weighted by Crippen LogP contribution is -2.46. The Hall–Kier alpha value is -3.81. The number of nitrogens with zero attached hydrogens (tertiary/aromatic N) is 1. The van der Waals surface area contributed by atoms with Gasteiger partial charge < -0.3 is 19.9 Å². The Bertz CT molecular complexity index is 960. The van der Waals surface area contributed by atoms with Crippen molar-refractivity contribution in [3.8, 4) is 11.1 Å². The molecule has 1 aliphatic rings.